The summed E-state index contributed by atoms with van der Waals surface area (Å²) in [5, 5.41) is 31.7. The van der Waals surface area contributed by atoms with E-state index < -0.39 is 0 Å². The second-order valence-corrected chi connectivity index (χ2v) is 15.6. The Morgan fingerprint density at radius 3 is 1.78 bits per heavy atom. The van der Waals surface area contributed by atoms with Gasteiger partial charge in [-0.1, -0.05) is 140 Å². The number of nitrogens with one attached hydrogen (secondary N) is 2. The minimum Gasteiger partial charge on any atom is -0.309 e. The molecule has 0 spiro atoms. The van der Waals surface area contributed by atoms with E-state index >= 15 is 0 Å². The van der Waals surface area contributed by atoms with Gasteiger partial charge in [0, 0.05) is 70.9 Å². The van der Waals surface area contributed by atoms with E-state index in [0.717, 1.165) is 65.6 Å². The topological polar surface area (TPSA) is 62.0 Å². The minimum absolute atomic E-state index is 0.338. The normalized spacial score (nSPS) is 12.2. The lowest BCUT2D eigenvalue weighted by molar-refractivity contribution is 1.18. The van der Waals surface area contributed by atoms with Gasteiger partial charge in [-0.2, -0.15) is 0 Å². The summed E-state index contributed by atoms with van der Waals surface area (Å²) in [6, 6.07) is 65.9. The monoisotopic (exact) mass is 751 g/mol. The zero-order valence-corrected chi connectivity index (χ0v) is 31.7. The predicted octanol–water partition coefficient (Wildman–Crippen LogP) is 13.5. The maximum Gasteiger partial charge on any atom is 0.137 e. The highest BCUT2D eigenvalue weighted by Crippen LogP contribution is 2.47. The van der Waals surface area contributed by atoms with E-state index in [1.54, 1.807) is 0 Å². The van der Waals surface area contributed by atoms with E-state index in [2.05, 4.69) is 171 Å². The standard InChI is InChI=1S/C54H33N5/c55-51(33-27-29-47-42(30-33)36-18-8-11-23-44(36)57(47)34-15-2-1-3-16-34)38-20-6-7-21-39(38)54(56)59-48-31-43-37-19-9-12-24-45(37)58-46-25-13-10-22-40(46)50(53(43)58)49(48)41-28-26-32-14-4-5-17-35(32)52(41)59/h1-31,55-56H. The summed E-state index contributed by atoms with van der Waals surface area (Å²) in [6.07, 6.45) is 0. The van der Waals surface area contributed by atoms with Crippen molar-refractivity contribution in [2.45, 2.75) is 0 Å². The van der Waals surface area contributed by atoms with Gasteiger partial charge in [0.15, 0.2) is 0 Å². The average molecular weight is 752 g/mol. The molecule has 0 atom stereocenters. The number of hydrogen-bond donors (Lipinski definition) is 2. The first-order valence-electron chi connectivity index (χ1n) is 20.0. The molecule has 13 aromatic rings. The van der Waals surface area contributed by atoms with Crippen molar-refractivity contribution in [3.63, 3.8) is 0 Å². The van der Waals surface area contributed by atoms with E-state index in [0.29, 0.717) is 22.7 Å². The third-order valence-corrected chi connectivity index (χ3v) is 12.6. The van der Waals surface area contributed by atoms with Gasteiger partial charge in [0.1, 0.15) is 5.84 Å². The molecule has 59 heavy (non-hydrogen) atoms. The zero-order valence-electron chi connectivity index (χ0n) is 31.7. The quantitative estimate of drug-likeness (QED) is 0.133. The number of rotatable bonds is 4. The van der Waals surface area contributed by atoms with Crippen molar-refractivity contribution in [1.29, 1.82) is 10.8 Å². The summed E-state index contributed by atoms with van der Waals surface area (Å²) in [5.41, 5.74) is 11.5. The van der Waals surface area contributed by atoms with Crippen LogP contribution in [0.3, 0.4) is 0 Å². The fourth-order valence-corrected chi connectivity index (χ4v) is 10.2. The molecular formula is C54H33N5. The van der Waals surface area contributed by atoms with Crippen LogP contribution >= 0.6 is 0 Å². The fourth-order valence-electron chi connectivity index (χ4n) is 10.2. The Morgan fingerprint density at radius 2 is 0.983 bits per heavy atom. The third-order valence-electron chi connectivity index (χ3n) is 12.6. The molecule has 4 heterocycles. The predicted molar refractivity (Wildman–Crippen MR) is 247 cm³/mol. The molecular weight excluding hydrogens is 719 g/mol. The van der Waals surface area contributed by atoms with Crippen LogP contribution in [0.1, 0.15) is 16.7 Å². The maximum atomic E-state index is 10.3. The molecule has 2 N–H and O–H groups in total. The highest BCUT2D eigenvalue weighted by Gasteiger charge is 2.27. The molecule has 274 valence electrons. The molecule has 13 rings (SSSR count). The van der Waals surface area contributed by atoms with Gasteiger partial charge in [-0.05, 0) is 53.9 Å². The van der Waals surface area contributed by atoms with Gasteiger partial charge in [0.25, 0.3) is 0 Å². The summed E-state index contributed by atoms with van der Waals surface area (Å²) in [5.74, 6) is 0.338. The molecule has 0 radical (unpaired) electrons. The Kier molecular flexibility index (Phi) is 6.40. The van der Waals surface area contributed by atoms with Gasteiger partial charge in [-0.3, -0.25) is 15.4 Å². The van der Waals surface area contributed by atoms with Crippen molar-refractivity contribution in [2.24, 2.45) is 0 Å². The Morgan fingerprint density at radius 1 is 0.373 bits per heavy atom. The number of para-hydroxylation sites is 4. The number of benzene rings is 9. The van der Waals surface area contributed by atoms with Crippen LogP contribution < -0.4 is 0 Å². The van der Waals surface area contributed by atoms with Crippen LogP contribution in [0.2, 0.25) is 0 Å². The summed E-state index contributed by atoms with van der Waals surface area (Å²) < 4.78 is 6.89. The van der Waals surface area contributed by atoms with Crippen molar-refractivity contribution >= 4 is 104 Å². The molecule has 0 aliphatic heterocycles. The second-order valence-electron chi connectivity index (χ2n) is 15.6. The van der Waals surface area contributed by atoms with Crippen LogP contribution in [-0.4, -0.2) is 25.1 Å². The van der Waals surface area contributed by atoms with Crippen molar-refractivity contribution < 1.29 is 0 Å². The Bertz CT molecular complexity index is 3930. The van der Waals surface area contributed by atoms with Crippen LogP contribution in [0.4, 0.5) is 0 Å². The Balaban J connectivity index is 1.07. The van der Waals surface area contributed by atoms with Crippen molar-refractivity contribution in [1.82, 2.24) is 13.5 Å². The van der Waals surface area contributed by atoms with E-state index in [1.807, 2.05) is 30.3 Å². The van der Waals surface area contributed by atoms with Gasteiger partial charge in [-0.15, -0.1) is 0 Å². The highest BCUT2D eigenvalue weighted by atomic mass is 15.0. The van der Waals surface area contributed by atoms with E-state index in [9.17, 15) is 10.8 Å². The Hall–Kier alpha value is -8.02. The van der Waals surface area contributed by atoms with E-state index in [1.165, 1.54) is 38.1 Å². The molecule has 0 amide bonds. The lowest BCUT2D eigenvalue weighted by Gasteiger charge is -2.16. The number of hydrogen-bond acceptors (Lipinski definition) is 2. The first-order valence-corrected chi connectivity index (χ1v) is 20.0. The van der Waals surface area contributed by atoms with E-state index in [-0.39, 0.29) is 0 Å². The van der Waals surface area contributed by atoms with Gasteiger partial charge < -0.3 is 8.97 Å². The number of aromatic nitrogens is 3. The van der Waals surface area contributed by atoms with Crippen LogP contribution in [0, 0.1) is 10.8 Å². The van der Waals surface area contributed by atoms with Crippen LogP contribution in [0.25, 0.3) is 98.2 Å². The van der Waals surface area contributed by atoms with Gasteiger partial charge in [0.2, 0.25) is 0 Å². The molecule has 0 saturated heterocycles. The van der Waals surface area contributed by atoms with Crippen LogP contribution in [0.15, 0.2) is 188 Å². The molecule has 5 nitrogen and oxygen atoms in total. The zero-order chi connectivity index (χ0) is 38.9. The Labute approximate surface area is 337 Å². The van der Waals surface area contributed by atoms with Gasteiger partial charge in [0.05, 0.1) is 44.3 Å². The van der Waals surface area contributed by atoms with Crippen molar-refractivity contribution in [3.05, 3.63) is 205 Å². The first kappa shape index (κ1) is 32.1. The molecule has 9 aromatic carbocycles. The minimum atomic E-state index is 0.338. The molecule has 0 aliphatic rings. The molecule has 0 fully saturated rings. The first-order chi connectivity index (χ1) is 29.2. The summed E-state index contributed by atoms with van der Waals surface area (Å²) in [7, 11) is 0. The van der Waals surface area contributed by atoms with Crippen LogP contribution in [0.5, 0.6) is 0 Å². The largest absolute Gasteiger partial charge is 0.309 e. The van der Waals surface area contributed by atoms with Gasteiger partial charge in [-0.25, -0.2) is 0 Å². The summed E-state index contributed by atoms with van der Waals surface area (Å²) in [4.78, 5) is 0. The summed E-state index contributed by atoms with van der Waals surface area (Å²) in [6.45, 7) is 0. The lowest BCUT2D eigenvalue weighted by Crippen LogP contribution is -2.17. The smallest absolute Gasteiger partial charge is 0.137 e. The summed E-state index contributed by atoms with van der Waals surface area (Å²) >= 11 is 0. The van der Waals surface area contributed by atoms with Crippen LogP contribution in [-0.2, 0) is 0 Å². The highest BCUT2D eigenvalue weighted by molar-refractivity contribution is 6.38. The fraction of sp³-hybridized carbons (Fsp3) is 0. The molecule has 0 bridgehead atoms. The third kappa shape index (κ3) is 4.23. The molecule has 4 aromatic heterocycles. The molecule has 0 unspecified atom stereocenters. The lowest BCUT2D eigenvalue weighted by atomic mass is 9.95. The number of fused-ring (bicyclic) bond motifs is 15. The van der Waals surface area contributed by atoms with Crippen molar-refractivity contribution in [3.8, 4) is 5.69 Å². The van der Waals surface area contributed by atoms with E-state index in [4.69, 9.17) is 0 Å². The SMILES string of the molecule is N=C(c1ccc2c(c1)c1ccccc1n2-c1ccccc1)c1ccccc1C(=N)n1c2cc3c4ccccc4n4c5ccccc5c(c2c2ccc5ccccc5c21)c34. The second kappa shape index (κ2) is 11.8. The maximum absolute atomic E-state index is 10.3. The van der Waals surface area contributed by atoms with Crippen molar-refractivity contribution in [2.75, 3.05) is 0 Å². The molecule has 0 saturated carbocycles. The number of nitrogens with zero attached hydrogens (tertiary/aromatic N) is 3. The van der Waals surface area contributed by atoms with Gasteiger partial charge >= 0.3 is 0 Å². The molecule has 5 heteroatoms. The molecule has 0 aliphatic carbocycles. The average Bonchev–Trinajstić information content (AvgIpc) is 4.02.